The van der Waals surface area contributed by atoms with E-state index >= 15 is 0 Å². The van der Waals surface area contributed by atoms with Crippen LogP contribution in [0.3, 0.4) is 0 Å². The summed E-state index contributed by atoms with van der Waals surface area (Å²) < 4.78 is 0. The number of amides is 2. The Morgan fingerprint density at radius 2 is 0.926 bits per heavy atom. The van der Waals surface area contributed by atoms with Gasteiger partial charge >= 0.3 is 5.97 Å². The minimum absolute atomic E-state index is 0.00940. The molecule has 4 aromatic rings. The molecule has 0 aliphatic carbocycles. The van der Waals surface area contributed by atoms with E-state index in [0.717, 1.165) is 69.0 Å². The first kappa shape index (κ1) is 63.3. The summed E-state index contributed by atoms with van der Waals surface area (Å²) in [6, 6.07) is 32.4. The number of carbonyl (C=O) groups excluding carboxylic acids is 3. The summed E-state index contributed by atoms with van der Waals surface area (Å²) in [7, 11) is 0. The number of nitrogens with one attached hydrogen (secondary N) is 2. The summed E-state index contributed by atoms with van der Waals surface area (Å²) in [6.07, 6.45) is 1.06. The van der Waals surface area contributed by atoms with Crippen molar-refractivity contribution in [2.45, 2.75) is 67.2 Å². The minimum Gasteiger partial charge on any atom is -0.481 e. The molecular weight excluding hydrogens is 900 g/mol. The molecule has 0 aliphatic rings. The van der Waals surface area contributed by atoms with Crippen molar-refractivity contribution in [3.8, 4) is 0 Å². The van der Waals surface area contributed by atoms with E-state index < -0.39 is 10.9 Å². The van der Waals surface area contributed by atoms with Gasteiger partial charge in [-0.15, -0.1) is 0 Å². The zero-order valence-electron chi connectivity index (χ0n) is 40.1. The third-order valence-electron chi connectivity index (χ3n) is 9.80. The predicted molar refractivity (Wildman–Crippen MR) is 262 cm³/mol. The molecule has 0 unspecified atom stereocenters. The van der Waals surface area contributed by atoms with Crippen LogP contribution in [0.15, 0.2) is 109 Å². The monoisotopic (exact) mass is 970 g/mol. The predicted octanol–water partition coefficient (Wildman–Crippen LogP) is 4.08. The first-order valence-electron chi connectivity index (χ1n) is 22.1. The maximum atomic E-state index is 12.4. The first-order chi connectivity index (χ1) is 32.5. The molecule has 0 saturated heterocycles. The van der Waals surface area contributed by atoms with Gasteiger partial charge < -0.3 is 30.4 Å². The Morgan fingerprint density at radius 3 is 1.26 bits per heavy atom. The van der Waals surface area contributed by atoms with Gasteiger partial charge in [-0.3, -0.25) is 29.3 Å². The lowest BCUT2D eigenvalue weighted by molar-refractivity contribution is -0.755. The standard InChI is InChI=1S/C16H25N3O3.C16H27N3O.C8H7ClO.C8H8O2.2HNO2/c1-4-17(5-2)10-11-18(6-3)16(20)13-14-8-7-9-15(12-14)19(21)22;1-4-18(5-2)10-11-19(6-3)16(20)13-14-8-7-9-15(17)12-14;2*9-8(10)6-7-4-2-1-3-5-7;2*2-1-3/h7-9,12H,4-6,10-11,13H2,1-3H3;7-9,12H,4-6,10-11,13,17H2,1-3H3;1-5H,6H2;1-5H,6H2,(H,9,10);2*1H/p+2. The van der Waals surface area contributed by atoms with E-state index in [4.69, 9.17) is 42.7 Å². The molecule has 4 aromatic carbocycles. The Morgan fingerprint density at radius 1 is 0.559 bits per heavy atom. The van der Waals surface area contributed by atoms with E-state index in [2.05, 4.69) is 37.5 Å². The number of carbonyl (C=O) groups is 4. The Hall–Kier alpha value is -6.83. The maximum Gasteiger partial charge on any atom is 0.307 e. The van der Waals surface area contributed by atoms with E-state index in [-0.39, 0.29) is 35.6 Å². The van der Waals surface area contributed by atoms with Crippen molar-refractivity contribution in [1.29, 1.82) is 0 Å². The van der Waals surface area contributed by atoms with Crippen LogP contribution in [-0.2, 0) is 44.9 Å². The lowest BCUT2D eigenvalue weighted by Crippen LogP contribution is -2.58. The van der Waals surface area contributed by atoms with Gasteiger partial charge in [0, 0.05) is 63.5 Å². The molecule has 0 spiro atoms. The number of halogens is 1. The summed E-state index contributed by atoms with van der Waals surface area (Å²) >= 11 is 5.17. The second-order valence-electron chi connectivity index (χ2n) is 14.3. The maximum absolute atomic E-state index is 12.4. The number of benzene rings is 4. The number of carboxylic acids is 1. The number of likely N-dealkylation sites (N-methyl/N-ethyl adjacent to an activating group) is 4. The highest BCUT2D eigenvalue weighted by atomic mass is 35.5. The topological polar surface area (TPSA) is 273 Å². The number of non-ortho nitro benzene ring substituents is 1. The zero-order valence-corrected chi connectivity index (χ0v) is 40.8. The van der Waals surface area contributed by atoms with Crippen LogP contribution in [-0.4, -0.2) is 129 Å². The van der Waals surface area contributed by atoms with Gasteiger partial charge in [-0.05, 0) is 86.0 Å². The molecule has 0 bridgehead atoms. The molecule has 19 nitrogen and oxygen atoms in total. The Labute approximate surface area is 404 Å². The van der Waals surface area contributed by atoms with Crippen molar-refractivity contribution in [1.82, 2.24) is 19.6 Å². The van der Waals surface area contributed by atoms with E-state index in [1.54, 1.807) is 29.2 Å². The van der Waals surface area contributed by atoms with Crippen LogP contribution in [0.25, 0.3) is 0 Å². The van der Waals surface area contributed by atoms with Crippen LogP contribution >= 0.6 is 11.6 Å². The number of nitro groups is 1. The smallest absolute Gasteiger partial charge is 0.307 e. The molecule has 374 valence electrons. The van der Waals surface area contributed by atoms with Crippen LogP contribution in [0.1, 0.15) is 63.8 Å². The quantitative estimate of drug-likeness (QED) is 0.0297. The molecule has 0 aliphatic heterocycles. The van der Waals surface area contributed by atoms with Gasteiger partial charge in [0.2, 0.25) is 17.1 Å². The number of anilines is 1. The number of nitrogens with two attached hydrogens (primary N) is 1. The highest BCUT2D eigenvalue weighted by Gasteiger charge is 2.16. The highest BCUT2D eigenvalue weighted by Crippen LogP contribution is 2.14. The number of aliphatic carboxylic acids is 1. The average Bonchev–Trinajstić information content (AvgIpc) is 3.31. The normalized spacial score (nSPS) is 9.72. The van der Waals surface area contributed by atoms with Gasteiger partial charge in [0.1, 0.15) is 0 Å². The molecular formula is C48H71ClN8O11+2. The van der Waals surface area contributed by atoms with Crippen LogP contribution < -0.4 is 16.4 Å². The molecule has 0 fully saturated rings. The van der Waals surface area contributed by atoms with Crippen LogP contribution in [0.4, 0.5) is 11.4 Å². The number of nitrogens with zero attached hydrogens (tertiary/aromatic N) is 5. The highest BCUT2D eigenvalue weighted by molar-refractivity contribution is 6.63. The Balaban J connectivity index is 0. The van der Waals surface area contributed by atoms with Gasteiger partial charge in [-0.25, -0.2) is 10.4 Å². The van der Waals surface area contributed by atoms with Crippen molar-refractivity contribution in [2.75, 3.05) is 71.2 Å². The van der Waals surface area contributed by atoms with E-state index in [1.807, 2.05) is 91.5 Å². The molecule has 0 aromatic heterocycles. The number of rotatable bonds is 21. The van der Waals surface area contributed by atoms with Gasteiger partial charge in [0.05, 0.1) is 34.0 Å². The van der Waals surface area contributed by atoms with Crippen molar-refractivity contribution >= 4 is 46.0 Å². The van der Waals surface area contributed by atoms with Crippen molar-refractivity contribution < 1.29 is 50.3 Å². The van der Waals surface area contributed by atoms with Crippen LogP contribution in [0.2, 0.25) is 0 Å². The molecule has 20 heteroatoms. The second-order valence-corrected chi connectivity index (χ2v) is 14.7. The van der Waals surface area contributed by atoms with Crippen LogP contribution in [0, 0.1) is 19.9 Å². The van der Waals surface area contributed by atoms with E-state index in [1.165, 1.54) is 12.1 Å². The molecule has 0 saturated carbocycles. The molecule has 7 N–H and O–H groups in total. The fraction of sp³-hybridized carbons (Fsp3) is 0.417. The first-order valence-corrected chi connectivity index (χ1v) is 22.5. The number of hydrogen-bond donors (Lipinski definition) is 6. The second kappa shape index (κ2) is 40.4. The van der Waals surface area contributed by atoms with Crippen molar-refractivity contribution in [3.05, 3.63) is 151 Å². The SMILES string of the molecule is CCN(CC)CCN(CC)C(=O)Cc1cccc(N)c1.CCN(CC)CCN(CC)C(=O)Cc1cccc([N+](=O)[O-])c1.O=C(Cl)Cc1ccccc1.O=C(O)Cc1ccccc1.O=[NH+]O.O=[NH+]O. The summed E-state index contributed by atoms with van der Waals surface area (Å²) in [5.41, 5.74) is 9.95. The molecule has 68 heavy (non-hydrogen) atoms. The number of carboxylic acid groups (broad SMARTS) is 1. The Kier molecular flexibility index (Phi) is 37.6. The molecule has 0 atom stereocenters. The largest absolute Gasteiger partial charge is 0.481 e. The zero-order chi connectivity index (χ0) is 51.7. The van der Waals surface area contributed by atoms with E-state index in [9.17, 15) is 29.3 Å². The lowest BCUT2D eigenvalue weighted by Gasteiger charge is -2.25. The minimum atomic E-state index is -0.786. The third kappa shape index (κ3) is 31.9. The van der Waals surface area contributed by atoms with Crippen LogP contribution in [0.5, 0.6) is 0 Å². The fourth-order valence-corrected chi connectivity index (χ4v) is 6.26. The van der Waals surface area contributed by atoms with Crippen molar-refractivity contribution in [2.24, 2.45) is 0 Å². The van der Waals surface area contributed by atoms with Gasteiger partial charge in [-0.2, -0.15) is 0 Å². The third-order valence-corrected chi connectivity index (χ3v) is 9.93. The lowest BCUT2D eigenvalue weighted by atomic mass is 10.1. The number of hydrogen-bond acceptors (Lipinski definition) is 11. The summed E-state index contributed by atoms with van der Waals surface area (Å²) in [5.74, 6) is -0.605. The fourth-order valence-electron chi connectivity index (χ4n) is 6.11. The number of nitrogen functional groups attached to an aromatic ring is 1. The van der Waals surface area contributed by atoms with Gasteiger partial charge in [0.25, 0.3) is 5.69 Å². The molecule has 2 amide bonds. The summed E-state index contributed by atoms with van der Waals surface area (Å²) in [6.45, 7) is 21.1. The molecule has 0 heterocycles. The Bertz CT molecular complexity index is 1950. The van der Waals surface area contributed by atoms with E-state index in [0.29, 0.717) is 47.9 Å². The summed E-state index contributed by atoms with van der Waals surface area (Å²) in [4.78, 5) is 80.3. The van der Waals surface area contributed by atoms with Crippen molar-refractivity contribution in [3.63, 3.8) is 0 Å². The molecule has 0 radical (unpaired) electrons. The molecule has 4 rings (SSSR count). The summed E-state index contributed by atoms with van der Waals surface area (Å²) in [5, 5.41) is 33.4. The van der Waals surface area contributed by atoms with Gasteiger partial charge in [0.15, 0.2) is 10.7 Å². The van der Waals surface area contributed by atoms with Gasteiger partial charge in [-0.1, -0.05) is 113 Å². The number of nitro benzene ring substituents is 1. The average molecular weight is 972 g/mol.